The highest BCUT2D eigenvalue weighted by Crippen LogP contribution is 2.38. The van der Waals surface area contributed by atoms with E-state index in [0.29, 0.717) is 18.1 Å². The number of nitrogens with zero attached hydrogens (tertiary/aromatic N) is 2. The maximum atomic E-state index is 13.5. The number of amides is 1. The van der Waals surface area contributed by atoms with Crippen molar-refractivity contribution in [3.05, 3.63) is 101 Å². The van der Waals surface area contributed by atoms with Crippen molar-refractivity contribution in [2.24, 2.45) is 5.92 Å². The minimum Gasteiger partial charge on any atom is -0.493 e. The minimum absolute atomic E-state index is 0.0145. The van der Waals surface area contributed by atoms with E-state index >= 15 is 0 Å². The van der Waals surface area contributed by atoms with Gasteiger partial charge in [0.15, 0.2) is 0 Å². The van der Waals surface area contributed by atoms with E-state index in [-0.39, 0.29) is 11.6 Å². The van der Waals surface area contributed by atoms with Gasteiger partial charge in [-0.3, -0.25) is 15.0 Å². The van der Waals surface area contributed by atoms with Crippen LogP contribution in [0.1, 0.15) is 12.5 Å². The van der Waals surface area contributed by atoms with Crippen LogP contribution in [0.2, 0.25) is 19.6 Å². The number of hydrogen-bond acceptors (Lipinski definition) is 5. The Bertz CT molecular complexity index is 1400. The molecule has 7 nitrogen and oxygen atoms in total. The predicted octanol–water partition coefficient (Wildman–Crippen LogP) is 6.96. The van der Waals surface area contributed by atoms with Crippen LogP contribution in [0, 0.1) is 27.5 Å². The number of benzene rings is 3. The normalized spacial score (nSPS) is 15.3. The lowest BCUT2D eigenvalue weighted by Crippen LogP contribution is -2.43. The minimum atomic E-state index is -1.73. The van der Waals surface area contributed by atoms with Gasteiger partial charge in [0.2, 0.25) is 0 Å². The van der Waals surface area contributed by atoms with Crippen molar-refractivity contribution in [3.63, 3.8) is 0 Å². The van der Waals surface area contributed by atoms with Crippen LogP contribution < -0.4 is 14.4 Å². The van der Waals surface area contributed by atoms with Crippen LogP contribution in [0.15, 0.2) is 84.9 Å². The second-order valence-electron chi connectivity index (χ2n) is 10.1. The molecule has 1 heterocycles. The third-order valence-electron chi connectivity index (χ3n) is 5.91. The summed E-state index contributed by atoms with van der Waals surface area (Å²) in [5, 5.41) is 10.9. The predicted molar refractivity (Wildman–Crippen MR) is 152 cm³/mol. The Morgan fingerprint density at radius 3 is 2.32 bits per heavy atom. The molecule has 1 aliphatic rings. The summed E-state index contributed by atoms with van der Waals surface area (Å²) in [6.45, 7) is 8.88. The molecule has 38 heavy (non-hydrogen) atoms. The Morgan fingerprint density at radius 1 is 1.00 bits per heavy atom. The van der Waals surface area contributed by atoms with Gasteiger partial charge in [0.05, 0.1) is 17.2 Å². The first kappa shape index (κ1) is 26.7. The second kappa shape index (κ2) is 11.4. The molecule has 0 spiro atoms. The van der Waals surface area contributed by atoms with Crippen molar-refractivity contribution in [2.45, 2.75) is 32.6 Å². The van der Waals surface area contributed by atoms with Gasteiger partial charge in [-0.05, 0) is 42.0 Å². The third-order valence-corrected chi connectivity index (χ3v) is 6.80. The van der Waals surface area contributed by atoms with E-state index in [2.05, 4.69) is 38.0 Å². The van der Waals surface area contributed by atoms with Gasteiger partial charge in [0.25, 0.3) is 5.69 Å². The number of anilines is 1. The highest BCUT2D eigenvalue weighted by molar-refractivity contribution is 6.83. The molecule has 1 aliphatic heterocycles. The van der Waals surface area contributed by atoms with E-state index in [1.54, 1.807) is 29.2 Å². The van der Waals surface area contributed by atoms with Gasteiger partial charge in [-0.2, -0.15) is 0 Å². The number of non-ortho nitro benzene ring substituents is 1. The highest BCUT2D eigenvalue weighted by Gasteiger charge is 2.33. The lowest BCUT2D eigenvalue weighted by atomic mass is 9.88. The van der Waals surface area contributed by atoms with Crippen LogP contribution in [0.5, 0.6) is 11.5 Å². The van der Waals surface area contributed by atoms with Crippen LogP contribution in [-0.2, 0) is 0 Å². The number of fused-ring (bicyclic) bond motifs is 1. The number of nitro benzene ring substituents is 1. The fourth-order valence-corrected chi connectivity index (χ4v) is 4.64. The Morgan fingerprint density at radius 2 is 1.66 bits per heavy atom. The average Bonchev–Trinajstić information content (AvgIpc) is 2.90. The van der Waals surface area contributed by atoms with Crippen molar-refractivity contribution < 1.29 is 19.2 Å². The highest BCUT2D eigenvalue weighted by atomic mass is 28.3. The van der Waals surface area contributed by atoms with Gasteiger partial charge in [-0.15, -0.1) is 5.54 Å². The number of carbonyl (C=O) groups excluding carboxylic acids is 1. The first-order chi connectivity index (χ1) is 18.1. The molecule has 3 aromatic rings. The molecule has 0 bridgehead atoms. The number of para-hydroxylation sites is 2. The fraction of sp³-hybridized carbons (Fsp3) is 0.233. The topological polar surface area (TPSA) is 81.9 Å². The van der Waals surface area contributed by atoms with Crippen LogP contribution in [0.25, 0.3) is 5.57 Å². The zero-order valence-corrected chi connectivity index (χ0v) is 22.9. The van der Waals surface area contributed by atoms with Gasteiger partial charge in [-0.25, -0.2) is 4.79 Å². The second-order valence-corrected chi connectivity index (χ2v) is 14.9. The van der Waals surface area contributed by atoms with Crippen LogP contribution in [0.4, 0.5) is 16.2 Å². The first-order valence-corrected chi connectivity index (χ1v) is 15.9. The summed E-state index contributed by atoms with van der Waals surface area (Å²) < 4.78 is 11.7. The Labute approximate surface area is 223 Å². The molecule has 0 aromatic heterocycles. The van der Waals surface area contributed by atoms with Gasteiger partial charge < -0.3 is 9.47 Å². The lowest BCUT2D eigenvalue weighted by molar-refractivity contribution is -0.384. The maximum absolute atomic E-state index is 13.5. The maximum Gasteiger partial charge on any atom is 0.421 e. The van der Waals surface area contributed by atoms with Gasteiger partial charge in [-0.1, -0.05) is 68.9 Å². The number of rotatable bonds is 6. The Balaban J connectivity index is 1.65. The molecule has 2 atom stereocenters. The van der Waals surface area contributed by atoms with E-state index in [1.165, 1.54) is 12.1 Å². The molecular weight excluding hydrogens is 496 g/mol. The first-order valence-electron chi connectivity index (χ1n) is 12.4. The number of carbonyl (C=O) groups is 1. The molecule has 0 saturated carbocycles. The Kier molecular flexibility index (Phi) is 7.98. The molecular formula is C30H30N2O5Si. The summed E-state index contributed by atoms with van der Waals surface area (Å²) in [5.74, 6) is 4.32. The van der Waals surface area contributed by atoms with Crippen LogP contribution in [-0.4, -0.2) is 31.7 Å². The van der Waals surface area contributed by atoms with Gasteiger partial charge in [0.1, 0.15) is 25.6 Å². The van der Waals surface area contributed by atoms with E-state index in [9.17, 15) is 14.9 Å². The van der Waals surface area contributed by atoms with Gasteiger partial charge in [0, 0.05) is 23.6 Å². The van der Waals surface area contributed by atoms with Crippen molar-refractivity contribution >= 4 is 31.1 Å². The largest absolute Gasteiger partial charge is 0.493 e. The number of nitro groups is 1. The average molecular weight is 527 g/mol. The van der Waals surface area contributed by atoms with E-state index < -0.39 is 25.1 Å². The quantitative estimate of drug-likeness (QED) is 0.150. The molecule has 0 saturated heterocycles. The monoisotopic (exact) mass is 526 g/mol. The summed E-state index contributed by atoms with van der Waals surface area (Å²) in [6, 6.07) is 22.2. The van der Waals surface area contributed by atoms with Crippen LogP contribution >= 0.6 is 0 Å². The number of ether oxygens (including phenoxy) is 2. The Hall–Kier alpha value is -4.35. The smallest absolute Gasteiger partial charge is 0.421 e. The van der Waals surface area contributed by atoms with Gasteiger partial charge >= 0.3 is 6.09 Å². The molecule has 0 radical (unpaired) electrons. The molecule has 0 N–H and O–H groups in total. The molecule has 0 aliphatic carbocycles. The summed E-state index contributed by atoms with van der Waals surface area (Å²) in [4.78, 5) is 25.6. The lowest BCUT2D eigenvalue weighted by Gasteiger charge is -2.34. The fourth-order valence-electron chi connectivity index (χ4n) is 4.06. The molecule has 1 amide bonds. The van der Waals surface area contributed by atoms with Crippen molar-refractivity contribution in [3.8, 4) is 23.0 Å². The zero-order chi connectivity index (χ0) is 27.3. The zero-order valence-electron chi connectivity index (χ0n) is 21.9. The molecule has 8 heteroatoms. The molecule has 194 valence electrons. The van der Waals surface area contributed by atoms with Crippen molar-refractivity contribution in [1.82, 2.24) is 0 Å². The van der Waals surface area contributed by atoms with Crippen LogP contribution in [0.3, 0.4) is 0 Å². The summed E-state index contributed by atoms with van der Waals surface area (Å²) in [6.07, 6.45) is 1.52. The molecule has 4 rings (SSSR count). The standard InChI is InChI=1S/C30H30N2O5Si/c1-22(21-36-25-16-14-23(15-17-25)32(34)35)28-20-24(18-19-38(2,3)4)31(29-13-9-8-12-27(28)29)30(33)37-26-10-6-5-7-11-26/h5-17,20,22,24H,21H2,1-4H3/t22-,24-/m0/s1. The van der Waals surface area contributed by atoms with Crippen molar-refractivity contribution in [1.29, 1.82) is 0 Å². The number of hydrogen-bond donors (Lipinski definition) is 0. The third kappa shape index (κ3) is 6.50. The SMILES string of the molecule is C[C@@H](COc1ccc([N+](=O)[O-])cc1)C1=C[C@H](C#C[Si](C)(C)C)N(C(=O)Oc2ccccc2)c2ccccc21. The molecule has 0 fully saturated rings. The summed E-state index contributed by atoms with van der Waals surface area (Å²) in [7, 11) is -1.73. The van der Waals surface area contributed by atoms with E-state index in [0.717, 1.165) is 16.8 Å². The van der Waals surface area contributed by atoms with Crippen molar-refractivity contribution in [2.75, 3.05) is 11.5 Å². The summed E-state index contributed by atoms with van der Waals surface area (Å²) in [5.41, 5.74) is 6.07. The van der Waals surface area contributed by atoms with E-state index in [4.69, 9.17) is 9.47 Å². The molecule has 3 aromatic carbocycles. The molecule has 0 unspecified atom stereocenters. The summed E-state index contributed by atoms with van der Waals surface area (Å²) >= 11 is 0. The van der Waals surface area contributed by atoms with E-state index in [1.807, 2.05) is 48.5 Å².